The second-order valence-electron chi connectivity index (χ2n) is 3.24. The summed E-state index contributed by atoms with van der Waals surface area (Å²) in [5, 5.41) is 30.5. The fraction of sp³-hybridized carbons (Fsp3) is 0.250. The smallest absolute Gasteiger partial charge is 0.258 e. The Morgan fingerprint density at radius 1 is 1.06 bits per heavy atom. The number of nitro benzene ring substituents is 2. The third-order valence-corrected chi connectivity index (χ3v) is 2.11. The molecule has 0 radical (unpaired) electrons. The summed E-state index contributed by atoms with van der Waals surface area (Å²) in [6.07, 6.45) is 0.0231. The second-order valence-corrected chi connectivity index (χ2v) is 3.24. The molecule has 10 heteroatoms. The number of hydrazine groups is 1. The first-order chi connectivity index (χ1) is 8.41. The Kier molecular flexibility index (Phi) is 4.07. The third-order valence-electron chi connectivity index (χ3n) is 2.11. The highest BCUT2D eigenvalue weighted by Gasteiger charge is 2.19. The summed E-state index contributed by atoms with van der Waals surface area (Å²) >= 11 is 0. The van der Waals surface area contributed by atoms with Gasteiger partial charge in [0.05, 0.1) is 22.5 Å². The fourth-order valence-corrected chi connectivity index (χ4v) is 1.33. The average molecular weight is 256 g/mol. The van der Waals surface area contributed by atoms with E-state index in [1.54, 1.807) is 0 Å². The molecule has 0 bridgehead atoms. The minimum Gasteiger partial charge on any atom is -0.258 e. The molecular formula is C8H8N4O6. The predicted octanol–water partition coefficient (Wildman–Crippen LogP) is 0.827. The van der Waals surface area contributed by atoms with Gasteiger partial charge in [-0.25, -0.2) is 10.1 Å². The van der Waals surface area contributed by atoms with E-state index in [0.29, 0.717) is 0 Å². The highest BCUT2D eigenvalue weighted by atomic mass is 16.7. The molecule has 0 atom stereocenters. The van der Waals surface area contributed by atoms with Gasteiger partial charge in [-0.2, -0.15) is 0 Å². The van der Waals surface area contributed by atoms with E-state index in [2.05, 4.69) is 0 Å². The van der Waals surface area contributed by atoms with Crippen LogP contribution in [0.2, 0.25) is 0 Å². The van der Waals surface area contributed by atoms with Gasteiger partial charge >= 0.3 is 0 Å². The van der Waals surface area contributed by atoms with Gasteiger partial charge in [0.1, 0.15) is 0 Å². The number of nitrogens with one attached hydrogen (secondary N) is 1. The van der Waals surface area contributed by atoms with E-state index in [1.165, 1.54) is 6.07 Å². The van der Waals surface area contributed by atoms with E-state index in [0.717, 1.165) is 12.1 Å². The molecule has 0 amide bonds. The van der Waals surface area contributed by atoms with Crippen LogP contribution in [0.4, 0.5) is 11.4 Å². The van der Waals surface area contributed by atoms with Crippen molar-refractivity contribution in [1.82, 2.24) is 5.43 Å². The van der Waals surface area contributed by atoms with Gasteiger partial charge in [-0.3, -0.25) is 20.2 Å². The first-order valence-corrected chi connectivity index (χ1v) is 4.71. The number of hydrogen-bond acceptors (Lipinski definition) is 6. The monoisotopic (exact) mass is 256 g/mol. The van der Waals surface area contributed by atoms with E-state index in [9.17, 15) is 30.3 Å². The molecule has 0 fully saturated rings. The molecule has 0 aliphatic heterocycles. The molecule has 0 unspecified atom stereocenters. The molecule has 10 nitrogen and oxygen atoms in total. The molecule has 96 valence electrons. The first-order valence-electron chi connectivity index (χ1n) is 4.71. The number of nitrogens with zero attached hydrogens (tertiary/aromatic N) is 3. The Balaban J connectivity index is 2.93. The van der Waals surface area contributed by atoms with E-state index < -0.39 is 26.3 Å². The Morgan fingerprint density at radius 3 is 2.22 bits per heavy atom. The molecule has 0 aliphatic carbocycles. The van der Waals surface area contributed by atoms with E-state index in [-0.39, 0.29) is 18.5 Å². The van der Waals surface area contributed by atoms with Crippen LogP contribution in [-0.4, -0.2) is 21.4 Å². The molecule has 0 saturated carbocycles. The minimum atomic E-state index is -0.767. The molecular weight excluding hydrogens is 248 g/mol. The lowest BCUT2D eigenvalue weighted by molar-refractivity contribution is -0.544. The minimum absolute atomic E-state index is 0.0231. The summed E-state index contributed by atoms with van der Waals surface area (Å²) in [4.78, 5) is 29.7. The van der Waals surface area contributed by atoms with E-state index in [1.807, 2.05) is 5.43 Å². The summed E-state index contributed by atoms with van der Waals surface area (Å²) in [7, 11) is 0. The van der Waals surface area contributed by atoms with Gasteiger partial charge < -0.3 is 0 Å². The van der Waals surface area contributed by atoms with Gasteiger partial charge in [0.2, 0.25) is 0 Å². The van der Waals surface area contributed by atoms with Crippen molar-refractivity contribution < 1.29 is 14.9 Å². The summed E-state index contributed by atoms with van der Waals surface area (Å²) in [6.45, 7) is -0.106. The number of nitro groups is 3. The van der Waals surface area contributed by atoms with Crippen LogP contribution >= 0.6 is 0 Å². The van der Waals surface area contributed by atoms with Crippen LogP contribution < -0.4 is 5.43 Å². The van der Waals surface area contributed by atoms with Gasteiger partial charge in [0.25, 0.3) is 11.4 Å². The third kappa shape index (κ3) is 3.37. The highest BCUT2D eigenvalue weighted by molar-refractivity contribution is 5.49. The van der Waals surface area contributed by atoms with Crippen molar-refractivity contribution in [3.63, 3.8) is 0 Å². The summed E-state index contributed by atoms with van der Waals surface area (Å²) < 4.78 is 0. The van der Waals surface area contributed by atoms with Crippen molar-refractivity contribution in [3.05, 3.63) is 54.1 Å². The average Bonchev–Trinajstić information content (AvgIpc) is 2.28. The number of hydrogen-bond donors (Lipinski definition) is 1. The summed E-state index contributed by atoms with van der Waals surface area (Å²) in [6, 6.07) is 3.17. The van der Waals surface area contributed by atoms with E-state index in [4.69, 9.17) is 0 Å². The van der Waals surface area contributed by atoms with Crippen LogP contribution in [0, 0.1) is 30.3 Å². The largest absolute Gasteiger partial charge is 0.279 e. The van der Waals surface area contributed by atoms with Crippen molar-refractivity contribution in [2.24, 2.45) is 0 Å². The maximum atomic E-state index is 10.7. The number of non-ortho nitro benzene ring substituents is 1. The van der Waals surface area contributed by atoms with Gasteiger partial charge in [-0.05, 0) is 6.07 Å². The van der Waals surface area contributed by atoms with Crippen LogP contribution in [0.5, 0.6) is 0 Å². The van der Waals surface area contributed by atoms with Gasteiger partial charge in [0, 0.05) is 18.1 Å². The lowest BCUT2D eigenvalue weighted by Gasteiger charge is -2.01. The van der Waals surface area contributed by atoms with Crippen LogP contribution in [-0.2, 0) is 6.42 Å². The van der Waals surface area contributed by atoms with Crippen LogP contribution in [0.1, 0.15) is 5.56 Å². The molecule has 1 aromatic carbocycles. The predicted molar refractivity (Wildman–Crippen MR) is 58.5 cm³/mol. The zero-order valence-electron chi connectivity index (χ0n) is 8.94. The van der Waals surface area contributed by atoms with Crippen molar-refractivity contribution in [2.45, 2.75) is 6.42 Å². The molecule has 0 saturated heterocycles. The first kappa shape index (κ1) is 13.3. The normalized spacial score (nSPS) is 9.78. The Morgan fingerprint density at radius 2 is 1.72 bits per heavy atom. The number of rotatable bonds is 6. The highest BCUT2D eigenvalue weighted by Crippen LogP contribution is 2.24. The maximum absolute atomic E-state index is 10.7. The van der Waals surface area contributed by atoms with E-state index >= 15 is 0 Å². The van der Waals surface area contributed by atoms with Gasteiger partial charge in [-0.1, -0.05) is 0 Å². The topological polar surface area (TPSA) is 141 Å². The van der Waals surface area contributed by atoms with Crippen molar-refractivity contribution in [1.29, 1.82) is 0 Å². The Bertz CT molecular complexity index is 502. The molecule has 1 aromatic rings. The standard InChI is InChI=1S/C8H8N4O6/c13-10(14)7-2-1-6(3-4-9-12(17)18)8(5-7)11(15)16/h1-2,5,9H,3-4H2. The zero-order chi connectivity index (χ0) is 13.7. The van der Waals surface area contributed by atoms with Gasteiger partial charge in [-0.15, -0.1) is 5.43 Å². The molecule has 1 N–H and O–H groups in total. The van der Waals surface area contributed by atoms with Gasteiger partial charge in [0.15, 0.2) is 5.03 Å². The van der Waals surface area contributed by atoms with Crippen molar-refractivity contribution in [2.75, 3.05) is 6.54 Å². The zero-order valence-corrected chi connectivity index (χ0v) is 8.94. The molecule has 0 aromatic heterocycles. The van der Waals surface area contributed by atoms with Crippen LogP contribution in [0.25, 0.3) is 0 Å². The Labute approximate surface area is 99.6 Å². The van der Waals surface area contributed by atoms with Crippen molar-refractivity contribution in [3.8, 4) is 0 Å². The second kappa shape index (κ2) is 5.52. The van der Waals surface area contributed by atoms with Crippen molar-refractivity contribution >= 4 is 11.4 Å². The summed E-state index contributed by atoms with van der Waals surface area (Å²) in [5.74, 6) is 0. The SMILES string of the molecule is O=[N+]([O-])NCCc1ccc([N+](=O)[O-])cc1[N+](=O)[O-]. The summed E-state index contributed by atoms with van der Waals surface area (Å²) in [5.41, 5.74) is 1.24. The lowest BCUT2D eigenvalue weighted by Crippen LogP contribution is -2.24. The van der Waals surface area contributed by atoms with Crippen LogP contribution in [0.15, 0.2) is 18.2 Å². The molecule has 0 spiro atoms. The molecule has 0 heterocycles. The Hall–Kier alpha value is -2.78. The van der Waals surface area contributed by atoms with Crippen LogP contribution in [0.3, 0.4) is 0 Å². The molecule has 0 aliphatic rings. The molecule has 1 rings (SSSR count). The number of benzene rings is 1. The lowest BCUT2D eigenvalue weighted by atomic mass is 10.1. The maximum Gasteiger partial charge on any atom is 0.279 e. The quantitative estimate of drug-likeness (QED) is 0.586. The molecule has 18 heavy (non-hydrogen) atoms. The fourth-order valence-electron chi connectivity index (χ4n) is 1.33.